The van der Waals surface area contributed by atoms with Crippen molar-refractivity contribution in [1.82, 2.24) is 0 Å². The maximum absolute atomic E-state index is 5.64. The molecule has 0 rings (SSSR count). The van der Waals surface area contributed by atoms with E-state index in [1.165, 1.54) is 0 Å². The van der Waals surface area contributed by atoms with Crippen molar-refractivity contribution in [2.75, 3.05) is 27.4 Å². The lowest BCUT2D eigenvalue weighted by atomic mass is 10.2. The van der Waals surface area contributed by atoms with E-state index in [1.54, 1.807) is 14.2 Å². The van der Waals surface area contributed by atoms with Crippen LogP contribution in [-0.4, -0.2) is 33.5 Å². The summed E-state index contributed by atoms with van der Waals surface area (Å²) in [5, 5.41) is 0. The molecule has 3 nitrogen and oxygen atoms in total. The second-order valence-corrected chi connectivity index (χ2v) is 2.35. The van der Waals surface area contributed by atoms with Crippen LogP contribution in [0.15, 0.2) is 0 Å². The van der Waals surface area contributed by atoms with E-state index in [1.807, 2.05) is 0 Å². The van der Waals surface area contributed by atoms with E-state index in [2.05, 4.69) is 0 Å². The highest BCUT2D eigenvalue weighted by atomic mass is 16.5. The standard InChI is InChI=1S/C7H17NO2/c1-9-5-3-4-7(8)6-10-2/h7H,3-6,8H2,1-2H3. The minimum atomic E-state index is 0.167. The van der Waals surface area contributed by atoms with Crippen molar-refractivity contribution in [3.63, 3.8) is 0 Å². The van der Waals surface area contributed by atoms with Crippen LogP contribution < -0.4 is 5.73 Å². The molecule has 1 unspecified atom stereocenters. The first kappa shape index (κ1) is 9.88. The van der Waals surface area contributed by atoms with E-state index in [9.17, 15) is 0 Å². The Labute approximate surface area is 62.5 Å². The van der Waals surface area contributed by atoms with E-state index in [0.717, 1.165) is 19.4 Å². The Morgan fingerprint density at radius 2 is 2.00 bits per heavy atom. The summed E-state index contributed by atoms with van der Waals surface area (Å²) in [5.41, 5.74) is 5.64. The molecule has 1 atom stereocenters. The number of hydrogen-bond donors (Lipinski definition) is 1. The molecule has 10 heavy (non-hydrogen) atoms. The van der Waals surface area contributed by atoms with Crippen molar-refractivity contribution in [2.24, 2.45) is 5.73 Å². The molecule has 0 heterocycles. The lowest BCUT2D eigenvalue weighted by Gasteiger charge is -2.08. The van der Waals surface area contributed by atoms with Crippen LogP contribution in [-0.2, 0) is 9.47 Å². The summed E-state index contributed by atoms with van der Waals surface area (Å²) in [7, 11) is 3.36. The van der Waals surface area contributed by atoms with Crippen LogP contribution in [0.5, 0.6) is 0 Å². The first-order valence-corrected chi connectivity index (χ1v) is 3.54. The van der Waals surface area contributed by atoms with Gasteiger partial charge in [-0.15, -0.1) is 0 Å². The minimum Gasteiger partial charge on any atom is -0.385 e. The highest BCUT2D eigenvalue weighted by molar-refractivity contribution is 4.58. The Bertz CT molecular complexity index is 68.6. The molecule has 0 bridgehead atoms. The van der Waals surface area contributed by atoms with Gasteiger partial charge in [0.25, 0.3) is 0 Å². The molecule has 2 N–H and O–H groups in total. The summed E-state index contributed by atoms with van der Waals surface area (Å²) in [6, 6.07) is 0.167. The number of ether oxygens (including phenoxy) is 2. The van der Waals surface area contributed by atoms with Gasteiger partial charge in [-0.1, -0.05) is 0 Å². The zero-order chi connectivity index (χ0) is 7.82. The lowest BCUT2D eigenvalue weighted by molar-refractivity contribution is 0.160. The zero-order valence-corrected chi connectivity index (χ0v) is 6.80. The molecule has 0 aliphatic heterocycles. The Balaban J connectivity index is 2.97. The Kier molecular flexibility index (Phi) is 6.91. The Hall–Kier alpha value is -0.120. The molecule has 0 saturated carbocycles. The summed E-state index contributed by atoms with van der Waals surface area (Å²) in [6.45, 7) is 1.43. The summed E-state index contributed by atoms with van der Waals surface area (Å²) >= 11 is 0. The predicted octanol–water partition coefficient (Wildman–Crippen LogP) is 0.387. The van der Waals surface area contributed by atoms with Crippen LogP contribution >= 0.6 is 0 Å². The molecule has 0 radical (unpaired) electrons. The second-order valence-electron chi connectivity index (χ2n) is 2.35. The smallest absolute Gasteiger partial charge is 0.0613 e. The normalized spacial score (nSPS) is 13.5. The first-order valence-electron chi connectivity index (χ1n) is 3.54. The summed E-state index contributed by atoms with van der Waals surface area (Å²) in [5.74, 6) is 0. The van der Waals surface area contributed by atoms with Gasteiger partial charge < -0.3 is 15.2 Å². The van der Waals surface area contributed by atoms with Gasteiger partial charge in [0.1, 0.15) is 0 Å². The second kappa shape index (κ2) is 6.99. The molecule has 0 amide bonds. The van der Waals surface area contributed by atoms with E-state index >= 15 is 0 Å². The topological polar surface area (TPSA) is 44.5 Å². The molecule has 0 aromatic heterocycles. The highest BCUT2D eigenvalue weighted by Gasteiger charge is 1.99. The van der Waals surface area contributed by atoms with Crippen molar-refractivity contribution < 1.29 is 9.47 Å². The van der Waals surface area contributed by atoms with E-state index < -0.39 is 0 Å². The van der Waals surface area contributed by atoms with Crippen LogP contribution in [0.25, 0.3) is 0 Å². The average Bonchev–Trinajstić information content (AvgIpc) is 1.89. The fourth-order valence-electron chi connectivity index (χ4n) is 0.787. The molecule has 3 heteroatoms. The molecular formula is C7H17NO2. The lowest BCUT2D eigenvalue weighted by Crippen LogP contribution is -2.25. The average molecular weight is 147 g/mol. The first-order chi connectivity index (χ1) is 4.81. The number of methoxy groups -OCH3 is 2. The van der Waals surface area contributed by atoms with Crippen LogP contribution in [0.3, 0.4) is 0 Å². The van der Waals surface area contributed by atoms with Crippen molar-refractivity contribution in [1.29, 1.82) is 0 Å². The zero-order valence-electron chi connectivity index (χ0n) is 6.80. The van der Waals surface area contributed by atoms with Crippen LogP contribution in [0.1, 0.15) is 12.8 Å². The Morgan fingerprint density at radius 1 is 1.30 bits per heavy atom. The summed E-state index contributed by atoms with van der Waals surface area (Å²) in [4.78, 5) is 0. The third kappa shape index (κ3) is 6.01. The molecule has 0 aliphatic carbocycles. The van der Waals surface area contributed by atoms with Gasteiger partial charge in [0.05, 0.1) is 6.61 Å². The van der Waals surface area contributed by atoms with Gasteiger partial charge in [0.15, 0.2) is 0 Å². The molecule has 0 saturated heterocycles. The van der Waals surface area contributed by atoms with E-state index in [0.29, 0.717) is 6.61 Å². The van der Waals surface area contributed by atoms with Gasteiger partial charge >= 0.3 is 0 Å². The summed E-state index contributed by atoms with van der Waals surface area (Å²) in [6.07, 6.45) is 1.99. The summed E-state index contributed by atoms with van der Waals surface area (Å²) < 4.78 is 9.74. The number of nitrogens with two attached hydrogens (primary N) is 1. The van der Waals surface area contributed by atoms with Gasteiger partial charge in [0.2, 0.25) is 0 Å². The van der Waals surface area contributed by atoms with Crippen molar-refractivity contribution in [3.8, 4) is 0 Å². The van der Waals surface area contributed by atoms with Gasteiger partial charge in [-0.05, 0) is 12.8 Å². The maximum atomic E-state index is 5.64. The van der Waals surface area contributed by atoms with Gasteiger partial charge in [0, 0.05) is 26.9 Å². The van der Waals surface area contributed by atoms with Gasteiger partial charge in [-0.25, -0.2) is 0 Å². The third-order valence-electron chi connectivity index (χ3n) is 1.30. The minimum absolute atomic E-state index is 0.167. The molecule has 0 aliphatic rings. The SMILES string of the molecule is COCCCC(N)COC. The van der Waals surface area contributed by atoms with Gasteiger partial charge in [-0.3, -0.25) is 0 Å². The van der Waals surface area contributed by atoms with Crippen LogP contribution in [0.2, 0.25) is 0 Å². The number of hydrogen-bond acceptors (Lipinski definition) is 3. The highest BCUT2D eigenvalue weighted by Crippen LogP contribution is 1.94. The predicted molar refractivity (Wildman–Crippen MR) is 41.0 cm³/mol. The largest absolute Gasteiger partial charge is 0.385 e. The third-order valence-corrected chi connectivity index (χ3v) is 1.30. The molecule has 0 spiro atoms. The monoisotopic (exact) mass is 147 g/mol. The van der Waals surface area contributed by atoms with Gasteiger partial charge in [-0.2, -0.15) is 0 Å². The molecule has 62 valence electrons. The maximum Gasteiger partial charge on any atom is 0.0613 e. The van der Waals surface area contributed by atoms with Crippen LogP contribution in [0, 0.1) is 0 Å². The Morgan fingerprint density at radius 3 is 2.50 bits per heavy atom. The van der Waals surface area contributed by atoms with Crippen molar-refractivity contribution >= 4 is 0 Å². The van der Waals surface area contributed by atoms with E-state index in [-0.39, 0.29) is 6.04 Å². The van der Waals surface area contributed by atoms with Crippen LogP contribution in [0.4, 0.5) is 0 Å². The fourth-order valence-corrected chi connectivity index (χ4v) is 0.787. The molecule has 0 fully saturated rings. The molecule has 0 aromatic carbocycles. The molecule has 0 aromatic rings. The van der Waals surface area contributed by atoms with Crippen molar-refractivity contribution in [2.45, 2.75) is 18.9 Å². The van der Waals surface area contributed by atoms with E-state index in [4.69, 9.17) is 15.2 Å². The fraction of sp³-hybridized carbons (Fsp3) is 1.00. The number of rotatable bonds is 6. The quantitative estimate of drug-likeness (QED) is 0.553. The van der Waals surface area contributed by atoms with Crippen molar-refractivity contribution in [3.05, 3.63) is 0 Å². The molecular weight excluding hydrogens is 130 g/mol.